The average molecular weight is 272 g/mol. The van der Waals surface area contributed by atoms with Crippen molar-refractivity contribution < 1.29 is 4.79 Å². The van der Waals surface area contributed by atoms with Gasteiger partial charge in [-0.3, -0.25) is 9.48 Å². The number of aryl methyl sites for hydroxylation is 1. The highest BCUT2D eigenvalue weighted by atomic mass is 16.2. The third-order valence-corrected chi connectivity index (χ3v) is 3.99. The summed E-state index contributed by atoms with van der Waals surface area (Å²) in [6.45, 7) is 5.73. The van der Waals surface area contributed by atoms with E-state index in [1.165, 1.54) is 0 Å². The van der Waals surface area contributed by atoms with Crippen molar-refractivity contribution in [2.75, 3.05) is 13.1 Å². The number of piperazine rings is 1. The SMILES string of the molecule is C[C@@H]1CN(C(=O)c2nn(C)c3ccccc23)[C@@H](C)CN1. The number of carbonyl (C=O) groups excluding carboxylic acids is 1. The molecule has 1 aromatic carbocycles. The number of hydrogen-bond acceptors (Lipinski definition) is 3. The van der Waals surface area contributed by atoms with E-state index in [4.69, 9.17) is 0 Å². The van der Waals surface area contributed by atoms with E-state index in [1.54, 1.807) is 4.68 Å². The monoisotopic (exact) mass is 272 g/mol. The summed E-state index contributed by atoms with van der Waals surface area (Å²) in [4.78, 5) is 14.7. The lowest BCUT2D eigenvalue weighted by Crippen LogP contribution is -2.56. The lowest BCUT2D eigenvalue weighted by molar-refractivity contribution is 0.0611. The number of amides is 1. The maximum Gasteiger partial charge on any atom is 0.275 e. The summed E-state index contributed by atoms with van der Waals surface area (Å²) in [6, 6.07) is 8.39. The molecule has 0 aliphatic carbocycles. The van der Waals surface area contributed by atoms with Gasteiger partial charge in [-0.15, -0.1) is 0 Å². The molecular formula is C15H20N4O. The molecule has 1 fully saturated rings. The van der Waals surface area contributed by atoms with Gasteiger partial charge in [0.15, 0.2) is 5.69 Å². The molecule has 106 valence electrons. The van der Waals surface area contributed by atoms with Gasteiger partial charge in [0.25, 0.3) is 5.91 Å². The van der Waals surface area contributed by atoms with Crippen LogP contribution in [0.4, 0.5) is 0 Å². The molecule has 0 saturated carbocycles. The molecule has 1 amide bonds. The molecular weight excluding hydrogens is 252 g/mol. The van der Waals surface area contributed by atoms with E-state index in [-0.39, 0.29) is 11.9 Å². The Morgan fingerprint density at radius 2 is 2.10 bits per heavy atom. The van der Waals surface area contributed by atoms with Crippen LogP contribution >= 0.6 is 0 Å². The minimum absolute atomic E-state index is 0.0302. The number of para-hydroxylation sites is 1. The van der Waals surface area contributed by atoms with Gasteiger partial charge in [-0.2, -0.15) is 5.10 Å². The van der Waals surface area contributed by atoms with Crippen LogP contribution in [0.5, 0.6) is 0 Å². The van der Waals surface area contributed by atoms with Crippen LogP contribution in [0.1, 0.15) is 24.3 Å². The van der Waals surface area contributed by atoms with Crippen molar-refractivity contribution in [3.05, 3.63) is 30.0 Å². The molecule has 0 unspecified atom stereocenters. The predicted molar refractivity (Wildman–Crippen MR) is 78.7 cm³/mol. The molecule has 3 rings (SSSR count). The van der Waals surface area contributed by atoms with Crippen LogP contribution in [-0.4, -0.2) is 45.8 Å². The Hall–Kier alpha value is -1.88. The molecule has 1 saturated heterocycles. The Labute approximate surface area is 118 Å². The van der Waals surface area contributed by atoms with Gasteiger partial charge in [0.05, 0.1) is 5.52 Å². The lowest BCUT2D eigenvalue weighted by atomic mass is 10.1. The quantitative estimate of drug-likeness (QED) is 0.853. The summed E-state index contributed by atoms with van der Waals surface area (Å²) < 4.78 is 1.78. The van der Waals surface area contributed by atoms with E-state index < -0.39 is 0 Å². The second-order valence-electron chi connectivity index (χ2n) is 5.61. The summed E-state index contributed by atoms with van der Waals surface area (Å²) in [5.74, 6) is 0.0302. The van der Waals surface area contributed by atoms with Gasteiger partial charge in [-0.1, -0.05) is 18.2 Å². The molecule has 1 aliphatic rings. The zero-order valence-corrected chi connectivity index (χ0v) is 12.1. The van der Waals surface area contributed by atoms with Gasteiger partial charge < -0.3 is 10.2 Å². The molecule has 2 aromatic rings. The minimum Gasteiger partial charge on any atom is -0.332 e. The minimum atomic E-state index is 0.0302. The second-order valence-corrected chi connectivity index (χ2v) is 5.61. The van der Waals surface area contributed by atoms with Gasteiger partial charge in [-0.05, 0) is 19.9 Å². The fourth-order valence-electron chi connectivity index (χ4n) is 2.81. The Morgan fingerprint density at radius 3 is 2.90 bits per heavy atom. The Bertz CT molecular complexity index is 648. The first-order valence-corrected chi connectivity index (χ1v) is 7.04. The third kappa shape index (κ3) is 2.08. The van der Waals surface area contributed by atoms with Crippen LogP contribution in [0, 0.1) is 0 Å². The molecule has 1 aromatic heterocycles. The van der Waals surface area contributed by atoms with E-state index in [0.717, 1.165) is 24.0 Å². The summed E-state index contributed by atoms with van der Waals surface area (Å²) in [6.07, 6.45) is 0. The van der Waals surface area contributed by atoms with Gasteiger partial charge >= 0.3 is 0 Å². The van der Waals surface area contributed by atoms with Gasteiger partial charge in [0, 0.05) is 37.6 Å². The van der Waals surface area contributed by atoms with Crippen molar-refractivity contribution >= 4 is 16.8 Å². The summed E-state index contributed by atoms with van der Waals surface area (Å²) >= 11 is 0. The second kappa shape index (κ2) is 4.90. The van der Waals surface area contributed by atoms with E-state index >= 15 is 0 Å². The van der Waals surface area contributed by atoms with Crippen molar-refractivity contribution in [3.63, 3.8) is 0 Å². The van der Waals surface area contributed by atoms with E-state index in [9.17, 15) is 4.79 Å². The number of benzene rings is 1. The van der Waals surface area contributed by atoms with E-state index in [2.05, 4.69) is 24.3 Å². The molecule has 1 N–H and O–H groups in total. The molecule has 0 radical (unpaired) electrons. The summed E-state index contributed by atoms with van der Waals surface area (Å²) in [5, 5.41) is 8.75. The molecule has 2 atom stereocenters. The van der Waals surface area contributed by atoms with Gasteiger partial charge in [0.2, 0.25) is 0 Å². The van der Waals surface area contributed by atoms with Crippen LogP contribution in [0.2, 0.25) is 0 Å². The smallest absolute Gasteiger partial charge is 0.275 e. The molecule has 2 heterocycles. The standard InChI is InChI=1S/C15H20N4O/c1-10-9-19(11(2)8-16-10)15(20)14-12-6-4-5-7-13(12)18(3)17-14/h4-7,10-11,16H,8-9H2,1-3H3/t10-,11+/m1/s1. The lowest BCUT2D eigenvalue weighted by Gasteiger charge is -2.37. The van der Waals surface area contributed by atoms with Crippen LogP contribution in [0.15, 0.2) is 24.3 Å². The number of aromatic nitrogens is 2. The normalized spacial score (nSPS) is 23.2. The first-order valence-electron chi connectivity index (χ1n) is 7.04. The number of fused-ring (bicyclic) bond motifs is 1. The Kier molecular flexibility index (Phi) is 3.22. The van der Waals surface area contributed by atoms with Gasteiger partial charge in [0.1, 0.15) is 0 Å². The van der Waals surface area contributed by atoms with Crippen molar-refractivity contribution in [2.45, 2.75) is 25.9 Å². The number of nitrogens with one attached hydrogen (secondary N) is 1. The number of nitrogens with zero attached hydrogens (tertiary/aromatic N) is 3. The maximum absolute atomic E-state index is 12.8. The first-order chi connectivity index (χ1) is 9.58. The van der Waals surface area contributed by atoms with Crippen LogP contribution in [0.25, 0.3) is 10.9 Å². The highest BCUT2D eigenvalue weighted by Gasteiger charge is 2.29. The fourth-order valence-corrected chi connectivity index (χ4v) is 2.81. The summed E-state index contributed by atoms with van der Waals surface area (Å²) in [5.41, 5.74) is 1.55. The van der Waals surface area contributed by atoms with Crippen LogP contribution in [-0.2, 0) is 7.05 Å². The predicted octanol–water partition coefficient (Wildman–Crippen LogP) is 1.40. The van der Waals surface area contributed by atoms with Crippen LogP contribution < -0.4 is 5.32 Å². The van der Waals surface area contributed by atoms with Crippen LogP contribution in [0.3, 0.4) is 0 Å². The number of hydrogen-bond donors (Lipinski definition) is 1. The largest absolute Gasteiger partial charge is 0.332 e. The molecule has 5 heteroatoms. The van der Waals surface area contributed by atoms with Crippen molar-refractivity contribution in [1.82, 2.24) is 20.0 Å². The fraction of sp³-hybridized carbons (Fsp3) is 0.467. The highest BCUT2D eigenvalue weighted by molar-refractivity contribution is 6.05. The van der Waals surface area contributed by atoms with Gasteiger partial charge in [-0.25, -0.2) is 0 Å². The molecule has 0 bridgehead atoms. The number of carbonyl (C=O) groups is 1. The highest BCUT2D eigenvalue weighted by Crippen LogP contribution is 2.20. The summed E-state index contributed by atoms with van der Waals surface area (Å²) in [7, 11) is 1.88. The zero-order chi connectivity index (χ0) is 14.3. The molecule has 20 heavy (non-hydrogen) atoms. The first kappa shape index (κ1) is 13.1. The van der Waals surface area contributed by atoms with E-state index in [1.807, 2.05) is 36.2 Å². The Morgan fingerprint density at radius 1 is 1.35 bits per heavy atom. The zero-order valence-electron chi connectivity index (χ0n) is 12.1. The molecule has 1 aliphatic heterocycles. The average Bonchev–Trinajstić information content (AvgIpc) is 2.79. The maximum atomic E-state index is 12.8. The van der Waals surface area contributed by atoms with Crippen molar-refractivity contribution in [2.24, 2.45) is 7.05 Å². The third-order valence-electron chi connectivity index (χ3n) is 3.99. The topological polar surface area (TPSA) is 50.2 Å². The Balaban J connectivity index is 2.00. The molecule has 5 nitrogen and oxygen atoms in total. The number of rotatable bonds is 1. The molecule has 0 spiro atoms. The van der Waals surface area contributed by atoms with E-state index in [0.29, 0.717) is 11.7 Å². The van der Waals surface area contributed by atoms with Crippen molar-refractivity contribution in [1.29, 1.82) is 0 Å². The van der Waals surface area contributed by atoms with Crippen molar-refractivity contribution in [3.8, 4) is 0 Å².